The molecule has 0 atom stereocenters. The maximum atomic E-state index is 3.00. The van der Waals surface area contributed by atoms with E-state index in [2.05, 4.69) is 49.6 Å². The minimum Gasteiger partial charge on any atom is -0.358 e. The second-order valence-electron chi connectivity index (χ2n) is 5.57. The molecule has 0 saturated heterocycles. The molecule has 4 rings (SSSR count). The van der Waals surface area contributed by atoms with Crippen molar-refractivity contribution in [3.8, 4) is 0 Å². The Bertz CT molecular complexity index is 416. The summed E-state index contributed by atoms with van der Waals surface area (Å²) in [5.74, 6) is 0. The molecule has 0 aliphatic heterocycles. The first-order valence-corrected chi connectivity index (χ1v) is 7.90. The summed E-state index contributed by atoms with van der Waals surface area (Å²) in [5, 5.41) is 0. The fourth-order valence-electron chi connectivity index (χ4n) is 3.23. The van der Waals surface area contributed by atoms with Gasteiger partial charge in [-0.25, -0.2) is 12.1 Å². The summed E-state index contributed by atoms with van der Waals surface area (Å²) < 4.78 is 0. The van der Waals surface area contributed by atoms with Gasteiger partial charge in [0.15, 0.2) is 0 Å². The standard InChI is InChI=1S/2C9H11.C2H4.2CH3.Hf/c2*1-2-5-9-7-3-6-8(9)4-1;1-2;;;/h2*3,6-7H,1-2,4-5H2;1-2H2;2*1H3;/q2*-1;;2*-1;+4. The van der Waals surface area contributed by atoms with Crippen molar-refractivity contribution in [1.82, 2.24) is 0 Å². The Balaban J connectivity index is 0. The Morgan fingerprint density at radius 3 is 1.35 bits per heavy atom. The molecular formula is C22H32Hf. The van der Waals surface area contributed by atoms with E-state index in [1.807, 2.05) is 0 Å². The minimum absolute atomic E-state index is 0. The SMILES string of the molecule is C=C.[CH3-].[CH3-].[Hf+4].c1cc2c([cH-]1)CCCC2.c1cc2c([cH-]1)CCCC2. The van der Waals surface area contributed by atoms with E-state index in [1.165, 1.54) is 51.4 Å². The molecule has 2 aromatic rings. The predicted octanol–water partition coefficient (Wildman–Crippen LogP) is 6.27. The Morgan fingerprint density at radius 2 is 1.00 bits per heavy atom. The molecule has 124 valence electrons. The Labute approximate surface area is 163 Å². The van der Waals surface area contributed by atoms with Gasteiger partial charge in [0.25, 0.3) is 0 Å². The Hall–Kier alpha value is -0.690. The smallest absolute Gasteiger partial charge is 0.358 e. The van der Waals surface area contributed by atoms with Crippen molar-refractivity contribution in [3.05, 3.63) is 86.7 Å². The van der Waals surface area contributed by atoms with Crippen LogP contribution in [-0.4, -0.2) is 0 Å². The molecule has 0 radical (unpaired) electrons. The predicted molar refractivity (Wildman–Crippen MR) is 101 cm³/mol. The second-order valence-corrected chi connectivity index (χ2v) is 5.57. The maximum absolute atomic E-state index is 3.00. The summed E-state index contributed by atoms with van der Waals surface area (Å²) in [5.41, 5.74) is 6.39. The zero-order chi connectivity index (χ0) is 14.2. The molecule has 0 heterocycles. The van der Waals surface area contributed by atoms with Crippen LogP contribution in [-0.2, 0) is 51.5 Å². The van der Waals surface area contributed by atoms with Gasteiger partial charge in [0.05, 0.1) is 0 Å². The van der Waals surface area contributed by atoms with Gasteiger partial charge < -0.3 is 14.9 Å². The molecule has 0 unspecified atom stereocenters. The van der Waals surface area contributed by atoms with Crippen LogP contribution in [0.5, 0.6) is 0 Å². The fraction of sp³-hybridized carbons (Fsp3) is 0.364. The van der Waals surface area contributed by atoms with Crippen LogP contribution in [0.15, 0.2) is 49.6 Å². The fourth-order valence-corrected chi connectivity index (χ4v) is 3.23. The van der Waals surface area contributed by atoms with Crippen LogP contribution in [0, 0.1) is 14.9 Å². The van der Waals surface area contributed by atoms with Crippen LogP contribution in [0.3, 0.4) is 0 Å². The van der Waals surface area contributed by atoms with Crippen molar-refractivity contribution >= 4 is 0 Å². The van der Waals surface area contributed by atoms with E-state index in [4.69, 9.17) is 0 Å². The molecule has 2 aliphatic carbocycles. The van der Waals surface area contributed by atoms with Crippen LogP contribution >= 0.6 is 0 Å². The second kappa shape index (κ2) is 13.7. The number of hydrogen-bond acceptors (Lipinski definition) is 0. The first kappa shape index (κ1) is 24.6. The summed E-state index contributed by atoms with van der Waals surface area (Å²) in [4.78, 5) is 0. The summed E-state index contributed by atoms with van der Waals surface area (Å²) in [6.45, 7) is 6.00. The molecule has 1 heteroatoms. The molecule has 0 spiro atoms. The number of aryl methyl sites for hydroxylation is 4. The Kier molecular flexibility index (Phi) is 14.7. The van der Waals surface area contributed by atoms with Crippen molar-refractivity contribution in [3.63, 3.8) is 0 Å². The van der Waals surface area contributed by atoms with Gasteiger partial charge >= 0.3 is 25.8 Å². The largest absolute Gasteiger partial charge is 4.00 e. The van der Waals surface area contributed by atoms with Crippen LogP contribution < -0.4 is 0 Å². The molecule has 2 aliphatic rings. The van der Waals surface area contributed by atoms with E-state index in [0.29, 0.717) is 0 Å². The summed E-state index contributed by atoms with van der Waals surface area (Å²) in [7, 11) is 0. The molecule has 0 nitrogen and oxygen atoms in total. The summed E-state index contributed by atoms with van der Waals surface area (Å²) >= 11 is 0. The van der Waals surface area contributed by atoms with E-state index in [-0.39, 0.29) is 40.7 Å². The third-order valence-electron chi connectivity index (χ3n) is 4.30. The molecule has 23 heavy (non-hydrogen) atoms. The number of hydrogen-bond donors (Lipinski definition) is 0. The van der Waals surface area contributed by atoms with Crippen molar-refractivity contribution < 1.29 is 25.8 Å². The third-order valence-corrected chi connectivity index (χ3v) is 4.30. The van der Waals surface area contributed by atoms with E-state index < -0.39 is 0 Å². The first-order valence-electron chi connectivity index (χ1n) is 7.90. The van der Waals surface area contributed by atoms with Gasteiger partial charge in [-0.2, -0.15) is 46.5 Å². The molecule has 0 fully saturated rings. The quantitative estimate of drug-likeness (QED) is 0.240. The van der Waals surface area contributed by atoms with Crippen LogP contribution in [0.2, 0.25) is 0 Å². The van der Waals surface area contributed by atoms with E-state index in [9.17, 15) is 0 Å². The van der Waals surface area contributed by atoms with Crippen molar-refractivity contribution in [2.24, 2.45) is 0 Å². The van der Waals surface area contributed by atoms with Gasteiger partial charge in [0, 0.05) is 0 Å². The molecule has 0 N–H and O–H groups in total. The number of rotatable bonds is 0. The minimum atomic E-state index is 0. The van der Waals surface area contributed by atoms with Gasteiger partial charge in [-0.15, -0.1) is 13.2 Å². The van der Waals surface area contributed by atoms with E-state index in [1.54, 1.807) is 22.3 Å². The van der Waals surface area contributed by atoms with Crippen LogP contribution in [0.4, 0.5) is 0 Å². The van der Waals surface area contributed by atoms with Crippen LogP contribution in [0.1, 0.15) is 47.9 Å². The van der Waals surface area contributed by atoms with Gasteiger partial charge in [-0.1, -0.05) is 51.4 Å². The molecular weight excluding hydrogens is 443 g/mol. The van der Waals surface area contributed by atoms with Gasteiger partial charge in [0.2, 0.25) is 0 Å². The zero-order valence-corrected chi connectivity index (χ0v) is 18.6. The summed E-state index contributed by atoms with van der Waals surface area (Å²) in [6, 6.07) is 13.4. The molecule has 0 aromatic heterocycles. The molecule has 0 bridgehead atoms. The monoisotopic (exact) mass is 476 g/mol. The van der Waals surface area contributed by atoms with Gasteiger partial charge in [0.1, 0.15) is 0 Å². The van der Waals surface area contributed by atoms with Gasteiger partial charge in [-0.3, -0.25) is 0 Å². The van der Waals surface area contributed by atoms with Gasteiger partial charge in [-0.05, 0) is 0 Å². The molecule has 0 amide bonds. The molecule has 2 aromatic carbocycles. The topological polar surface area (TPSA) is 0 Å². The van der Waals surface area contributed by atoms with Crippen molar-refractivity contribution in [1.29, 1.82) is 0 Å². The summed E-state index contributed by atoms with van der Waals surface area (Å²) in [6.07, 6.45) is 10.9. The maximum Gasteiger partial charge on any atom is 4.00 e. The van der Waals surface area contributed by atoms with Crippen molar-refractivity contribution in [2.45, 2.75) is 51.4 Å². The number of fused-ring (bicyclic) bond motifs is 2. The van der Waals surface area contributed by atoms with E-state index >= 15 is 0 Å². The average Bonchev–Trinajstić information content (AvgIpc) is 3.18. The zero-order valence-electron chi connectivity index (χ0n) is 15.0. The van der Waals surface area contributed by atoms with E-state index in [0.717, 1.165) is 0 Å². The normalized spacial score (nSPS) is 13.7. The van der Waals surface area contributed by atoms with Crippen molar-refractivity contribution in [2.75, 3.05) is 0 Å². The Morgan fingerprint density at radius 1 is 0.652 bits per heavy atom. The average molecular weight is 475 g/mol. The molecule has 0 saturated carbocycles. The first-order chi connectivity index (χ1) is 9.93. The third kappa shape index (κ3) is 7.16. The van der Waals surface area contributed by atoms with Crippen LogP contribution in [0.25, 0.3) is 0 Å².